The number of ether oxygens (including phenoxy) is 1. The van der Waals surface area contributed by atoms with E-state index in [-0.39, 0.29) is 23.3 Å². The molecular weight excluding hydrogens is 338 g/mol. The second-order valence-corrected chi connectivity index (χ2v) is 7.46. The molecule has 1 unspecified atom stereocenters. The van der Waals surface area contributed by atoms with Crippen LogP contribution in [0, 0.1) is 0 Å². The van der Waals surface area contributed by atoms with Gasteiger partial charge in [0.25, 0.3) is 0 Å². The number of aromatic hydroxyl groups is 1. The fraction of sp³-hybridized carbons (Fsp3) is 0.435. The number of aryl methyl sites for hydroxylation is 1. The van der Waals surface area contributed by atoms with Crippen LogP contribution in [0.4, 0.5) is 0 Å². The first-order chi connectivity index (χ1) is 12.9. The second-order valence-electron chi connectivity index (χ2n) is 7.46. The number of phenols is 1. The lowest BCUT2D eigenvalue weighted by Gasteiger charge is -2.31. The van der Waals surface area contributed by atoms with Crippen molar-refractivity contribution in [1.29, 1.82) is 0 Å². The zero-order valence-electron chi connectivity index (χ0n) is 16.8. The third kappa shape index (κ3) is 6.10. The lowest BCUT2D eigenvalue weighted by molar-refractivity contribution is 0.0972. The normalized spacial score (nSPS) is 12.6. The van der Waals surface area contributed by atoms with Crippen molar-refractivity contribution in [2.24, 2.45) is 0 Å². The summed E-state index contributed by atoms with van der Waals surface area (Å²) in [5, 5.41) is 14.0. The number of nitrogens with one attached hydrogen (secondary N) is 1. The maximum absolute atomic E-state index is 12.6. The fourth-order valence-corrected chi connectivity index (χ4v) is 2.79. The van der Waals surface area contributed by atoms with Crippen molar-refractivity contribution in [2.75, 3.05) is 0 Å². The van der Waals surface area contributed by atoms with Crippen LogP contribution in [0.15, 0.2) is 48.5 Å². The van der Waals surface area contributed by atoms with E-state index in [1.54, 1.807) is 18.2 Å². The van der Waals surface area contributed by atoms with E-state index in [2.05, 4.69) is 26.1 Å². The molecule has 0 aromatic heterocycles. The number of hydrogen-bond donors (Lipinski definition) is 2. The van der Waals surface area contributed by atoms with Crippen molar-refractivity contribution < 1.29 is 14.6 Å². The number of para-hydroxylation sites is 1. The van der Waals surface area contributed by atoms with Gasteiger partial charge in [-0.05, 0) is 50.8 Å². The van der Waals surface area contributed by atoms with Gasteiger partial charge in [0.15, 0.2) is 23.5 Å². The van der Waals surface area contributed by atoms with E-state index in [0.717, 1.165) is 18.4 Å². The molecule has 27 heavy (non-hydrogen) atoms. The summed E-state index contributed by atoms with van der Waals surface area (Å²) in [6.07, 6.45) is 2.46. The smallest absolute Gasteiger partial charge is 0.168 e. The Morgan fingerprint density at radius 3 is 2.44 bits per heavy atom. The van der Waals surface area contributed by atoms with Crippen LogP contribution in [0.1, 0.15) is 62.9 Å². The van der Waals surface area contributed by atoms with Gasteiger partial charge in [-0.1, -0.05) is 50.2 Å². The molecule has 0 amide bonds. The van der Waals surface area contributed by atoms with Gasteiger partial charge in [-0.2, -0.15) is 0 Å². The Balaban J connectivity index is 2.08. The Kier molecular flexibility index (Phi) is 7.43. The number of ketones is 1. The molecule has 2 aromatic carbocycles. The summed E-state index contributed by atoms with van der Waals surface area (Å²) in [5.74, 6) is 0.175. The molecule has 2 N–H and O–H groups in total. The number of carbonyl (C=O) groups excluding carboxylic acids is 1. The molecule has 0 saturated heterocycles. The summed E-state index contributed by atoms with van der Waals surface area (Å²) in [7, 11) is 0. The quantitative estimate of drug-likeness (QED) is 0.452. The molecule has 0 aliphatic heterocycles. The highest BCUT2D eigenvalue weighted by molar-refractivity contribution is 5.99. The Morgan fingerprint density at radius 1 is 1.11 bits per heavy atom. The molecule has 2 rings (SSSR count). The van der Waals surface area contributed by atoms with E-state index in [0.29, 0.717) is 24.2 Å². The Morgan fingerprint density at radius 2 is 1.81 bits per heavy atom. The van der Waals surface area contributed by atoms with Crippen LogP contribution < -0.4 is 10.1 Å². The number of carbonyl (C=O) groups is 1. The molecule has 4 nitrogen and oxygen atoms in total. The lowest BCUT2D eigenvalue weighted by Crippen LogP contribution is -2.47. The summed E-state index contributed by atoms with van der Waals surface area (Å²) in [6.45, 7) is 8.36. The predicted molar refractivity (Wildman–Crippen MR) is 109 cm³/mol. The minimum atomic E-state index is -0.236. The average molecular weight is 370 g/mol. The van der Waals surface area contributed by atoms with Gasteiger partial charge >= 0.3 is 0 Å². The molecule has 2 aromatic rings. The summed E-state index contributed by atoms with van der Waals surface area (Å²) >= 11 is 0. The first kappa shape index (κ1) is 21.0. The number of Topliss-reactive ketones (excluding diaryl/α,β-unsaturated/α-hetero) is 1. The molecule has 0 spiro atoms. The average Bonchev–Trinajstić information content (AvgIpc) is 2.67. The maximum atomic E-state index is 12.6. The topological polar surface area (TPSA) is 58.6 Å². The molecule has 146 valence electrons. The van der Waals surface area contributed by atoms with E-state index in [1.807, 2.05) is 37.3 Å². The van der Waals surface area contributed by atoms with E-state index in [1.165, 1.54) is 0 Å². The number of phenolic OH excluding ortho intramolecular Hbond substituents is 1. The number of rotatable bonds is 10. The minimum Gasteiger partial charge on any atom is -0.504 e. The van der Waals surface area contributed by atoms with E-state index >= 15 is 0 Å². The van der Waals surface area contributed by atoms with Crippen LogP contribution in [0.5, 0.6) is 11.5 Å². The third-order valence-corrected chi connectivity index (χ3v) is 4.86. The molecule has 0 fully saturated rings. The van der Waals surface area contributed by atoms with Crippen LogP contribution >= 0.6 is 0 Å². The molecule has 0 bridgehead atoms. The summed E-state index contributed by atoms with van der Waals surface area (Å²) < 4.78 is 5.97. The van der Waals surface area contributed by atoms with Crippen LogP contribution in [0.2, 0.25) is 0 Å². The zero-order chi connectivity index (χ0) is 19.9. The first-order valence-electron chi connectivity index (χ1n) is 9.69. The van der Waals surface area contributed by atoms with Gasteiger partial charge in [-0.15, -0.1) is 0 Å². The molecule has 0 aliphatic carbocycles. The van der Waals surface area contributed by atoms with Crippen LogP contribution in [0.25, 0.3) is 0 Å². The summed E-state index contributed by atoms with van der Waals surface area (Å²) in [6, 6.07) is 15.0. The van der Waals surface area contributed by atoms with Gasteiger partial charge in [0.05, 0.1) is 5.56 Å². The Bertz CT molecular complexity index is 741. The van der Waals surface area contributed by atoms with Crippen molar-refractivity contribution in [2.45, 2.75) is 65.1 Å². The van der Waals surface area contributed by atoms with E-state index in [9.17, 15) is 9.90 Å². The Hall–Kier alpha value is -2.33. The number of hydrogen-bond acceptors (Lipinski definition) is 4. The van der Waals surface area contributed by atoms with Crippen molar-refractivity contribution in [3.63, 3.8) is 0 Å². The largest absolute Gasteiger partial charge is 0.504 e. The van der Waals surface area contributed by atoms with Crippen molar-refractivity contribution in [1.82, 2.24) is 5.32 Å². The summed E-state index contributed by atoms with van der Waals surface area (Å²) in [4.78, 5) is 12.6. The van der Waals surface area contributed by atoms with Crippen molar-refractivity contribution in [3.05, 3.63) is 59.7 Å². The molecule has 1 atom stereocenters. The monoisotopic (exact) mass is 369 g/mol. The lowest BCUT2D eigenvalue weighted by atomic mass is 10.0. The van der Waals surface area contributed by atoms with Gasteiger partial charge in [-0.25, -0.2) is 0 Å². The maximum Gasteiger partial charge on any atom is 0.168 e. The van der Waals surface area contributed by atoms with Crippen LogP contribution in [-0.2, 0) is 6.42 Å². The SMILES string of the molecule is CCC(NC(C)(C)CC)Oc1cccc(C(=O)CCc2ccccc2)c1O. The number of benzene rings is 2. The van der Waals surface area contributed by atoms with Crippen molar-refractivity contribution in [3.8, 4) is 11.5 Å². The minimum absolute atomic E-state index is 0.0700. The highest BCUT2D eigenvalue weighted by Gasteiger charge is 2.22. The van der Waals surface area contributed by atoms with Crippen LogP contribution in [0.3, 0.4) is 0 Å². The zero-order valence-corrected chi connectivity index (χ0v) is 16.8. The third-order valence-electron chi connectivity index (χ3n) is 4.86. The molecule has 0 heterocycles. The molecule has 0 radical (unpaired) electrons. The van der Waals surface area contributed by atoms with Gasteiger partial charge in [-0.3, -0.25) is 10.1 Å². The van der Waals surface area contributed by atoms with E-state index in [4.69, 9.17) is 4.74 Å². The molecule has 0 saturated carbocycles. The van der Waals surface area contributed by atoms with Gasteiger partial charge in [0.1, 0.15) is 0 Å². The Labute approximate surface area is 162 Å². The molecular formula is C23H31NO3. The van der Waals surface area contributed by atoms with E-state index < -0.39 is 0 Å². The molecule has 4 heteroatoms. The first-order valence-corrected chi connectivity index (χ1v) is 9.69. The van der Waals surface area contributed by atoms with Gasteiger partial charge in [0.2, 0.25) is 0 Å². The summed E-state index contributed by atoms with van der Waals surface area (Å²) in [5.41, 5.74) is 1.35. The van der Waals surface area contributed by atoms with Gasteiger partial charge in [0, 0.05) is 12.0 Å². The second kappa shape index (κ2) is 9.56. The molecule has 0 aliphatic rings. The predicted octanol–water partition coefficient (Wildman–Crippen LogP) is 5.10. The standard InChI is InChI=1S/C23H31NO3/c1-5-21(24-23(3,4)6-2)27-20-14-10-13-18(22(20)26)19(25)16-15-17-11-8-7-9-12-17/h7-14,21,24,26H,5-6,15-16H2,1-4H3. The van der Waals surface area contributed by atoms with Crippen LogP contribution in [-0.4, -0.2) is 22.7 Å². The van der Waals surface area contributed by atoms with Gasteiger partial charge < -0.3 is 9.84 Å². The van der Waals surface area contributed by atoms with Crippen molar-refractivity contribution >= 4 is 5.78 Å². The highest BCUT2D eigenvalue weighted by atomic mass is 16.5. The fourth-order valence-electron chi connectivity index (χ4n) is 2.79. The highest BCUT2D eigenvalue weighted by Crippen LogP contribution is 2.32.